The zero-order chi connectivity index (χ0) is 22.9. The number of amides is 2. The van der Waals surface area contributed by atoms with E-state index in [4.69, 9.17) is 4.74 Å². The highest BCUT2D eigenvalue weighted by molar-refractivity contribution is 5.88. The lowest BCUT2D eigenvalue weighted by molar-refractivity contribution is -0.141. The molecule has 1 aliphatic rings. The number of ether oxygens (including phenoxy) is 1. The Bertz CT molecular complexity index is 871. The van der Waals surface area contributed by atoms with Crippen LogP contribution in [0, 0.1) is 13.8 Å². The molecule has 0 bridgehead atoms. The Labute approximate surface area is 192 Å². The van der Waals surface area contributed by atoms with Crippen LogP contribution in [-0.4, -0.2) is 41.9 Å². The second-order valence-corrected chi connectivity index (χ2v) is 8.95. The predicted molar refractivity (Wildman–Crippen MR) is 128 cm³/mol. The molecular weight excluding hydrogens is 400 g/mol. The van der Waals surface area contributed by atoms with Gasteiger partial charge in [0, 0.05) is 12.6 Å². The summed E-state index contributed by atoms with van der Waals surface area (Å²) in [6, 6.07) is 15.6. The number of hydrogen-bond donors (Lipinski definition) is 1. The fourth-order valence-electron chi connectivity index (χ4n) is 4.38. The fraction of sp³-hybridized carbons (Fsp3) is 0.481. The summed E-state index contributed by atoms with van der Waals surface area (Å²) in [6.07, 6.45) is 6.27. The van der Waals surface area contributed by atoms with Gasteiger partial charge in [-0.05, 0) is 68.9 Å². The van der Waals surface area contributed by atoms with E-state index in [0.717, 1.165) is 42.4 Å². The van der Waals surface area contributed by atoms with Crippen molar-refractivity contribution < 1.29 is 14.3 Å². The van der Waals surface area contributed by atoms with E-state index in [0.29, 0.717) is 18.7 Å². The summed E-state index contributed by atoms with van der Waals surface area (Å²) >= 11 is 0. The normalized spacial score (nSPS) is 15.1. The second kappa shape index (κ2) is 11.7. The van der Waals surface area contributed by atoms with Gasteiger partial charge in [-0.15, -0.1) is 0 Å². The van der Waals surface area contributed by atoms with Crippen LogP contribution in [0.1, 0.15) is 55.7 Å². The maximum atomic E-state index is 13.2. The summed E-state index contributed by atoms with van der Waals surface area (Å²) in [5.74, 6) is 0.425. The molecule has 2 aromatic carbocycles. The van der Waals surface area contributed by atoms with Crippen molar-refractivity contribution in [3.05, 3.63) is 65.2 Å². The van der Waals surface area contributed by atoms with Gasteiger partial charge >= 0.3 is 0 Å². The van der Waals surface area contributed by atoms with Gasteiger partial charge in [-0.25, -0.2) is 0 Å². The van der Waals surface area contributed by atoms with Crippen molar-refractivity contribution in [1.82, 2.24) is 10.2 Å². The molecule has 0 spiro atoms. The van der Waals surface area contributed by atoms with Crippen LogP contribution in [0.3, 0.4) is 0 Å². The molecule has 1 N–H and O–H groups in total. The molecule has 0 saturated heterocycles. The molecule has 2 aromatic rings. The van der Waals surface area contributed by atoms with Crippen molar-refractivity contribution in [3.8, 4) is 5.75 Å². The van der Waals surface area contributed by atoms with Gasteiger partial charge in [0.2, 0.25) is 5.91 Å². The molecule has 0 radical (unpaired) electrons. The van der Waals surface area contributed by atoms with Gasteiger partial charge in [0.15, 0.2) is 6.61 Å². The first kappa shape index (κ1) is 23.8. The van der Waals surface area contributed by atoms with Crippen molar-refractivity contribution >= 4 is 11.8 Å². The number of nitrogens with one attached hydrogen (secondary N) is 1. The molecule has 5 heteroatoms. The maximum Gasteiger partial charge on any atom is 0.261 e. The number of nitrogens with zero attached hydrogens (tertiary/aromatic N) is 1. The SMILES string of the molecule is Cc1cc(C)cc(OCC(=O)N(CCc2ccccc2)[C@@H](C)C(=O)NC2CCCCC2)c1. The molecule has 3 rings (SSSR count). The molecule has 0 aliphatic heterocycles. The van der Waals surface area contributed by atoms with Crippen LogP contribution >= 0.6 is 0 Å². The number of rotatable bonds is 9. The van der Waals surface area contributed by atoms with Crippen LogP contribution < -0.4 is 10.1 Å². The van der Waals surface area contributed by atoms with Gasteiger partial charge in [-0.2, -0.15) is 0 Å². The highest BCUT2D eigenvalue weighted by Crippen LogP contribution is 2.19. The second-order valence-electron chi connectivity index (χ2n) is 8.95. The molecule has 0 aromatic heterocycles. The lowest BCUT2D eigenvalue weighted by Crippen LogP contribution is -2.52. The monoisotopic (exact) mass is 436 g/mol. The number of aryl methyl sites for hydroxylation is 2. The molecule has 32 heavy (non-hydrogen) atoms. The topological polar surface area (TPSA) is 58.6 Å². The minimum Gasteiger partial charge on any atom is -0.484 e. The van der Waals surface area contributed by atoms with Gasteiger partial charge < -0.3 is 15.0 Å². The summed E-state index contributed by atoms with van der Waals surface area (Å²) in [6.45, 7) is 6.21. The molecule has 0 heterocycles. The summed E-state index contributed by atoms with van der Waals surface area (Å²) in [5.41, 5.74) is 3.32. The van der Waals surface area contributed by atoms with Gasteiger partial charge in [0.1, 0.15) is 11.8 Å². The Balaban J connectivity index is 1.66. The maximum absolute atomic E-state index is 13.2. The van der Waals surface area contributed by atoms with Crippen molar-refractivity contribution in [2.24, 2.45) is 0 Å². The van der Waals surface area contributed by atoms with E-state index in [2.05, 4.69) is 11.4 Å². The molecule has 172 valence electrons. The van der Waals surface area contributed by atoms with E-state index in [1.807, 2.05) is 63.2 Å². The Hall–Kier alpha value is -2.82. The molecule has 1 saturated carbocycles. The Kier molecular flexibility index (Phi) is 8.72. The molecule has 1 aliphatic carbocycles. The zero-order valence-electron chi connectivity index (χ0n) is 19.6. The minimum atomic E-state index is -0.545. The Morgan fingerprint density at radius 2 is 1.69 bits per heavy atom. The minimum absolute atomic E-state index is 0.0790. The summed E-state index contributed by atoms with van der Waals surface area (Å²) in [7, 11) is 0. The van der Waals surface area contributed by atoms with E-state index in [9.17, 15) is 9.59 Å². The lowest BCUT2D eigenvalue weighted by Gasteiger charge is -2.31. The standard InChI is InChI=1S/C27H36N2O3/c1-20-16-21(2)18-25(17-20)32-19-26(30)29(15-14-23-10-6-4-7-11-23)22(3)27(31)28-24-12-8-5-9-13-24/h4,6-7,10-11,16-18,22,24H,5,8-9,12-15,19H2,1-3H3,(H,28,31)/t22-/m0/s1. The third-order valence-electron chi connectivity index (χ3n) is 6.16. The zero-order valence-corrected chi connectivity index (χ0v) is 19.6. The molecule has 0 unspecified atom stereocenters. The van der Waals surface area contributed by atoms with E-state index >= 15 is 0 Å². The largest absolute Gasteiger partial charge is 0.484 e. The smallest absolute Gasteiger partial charge is 0.261 e. The van der Waals surface area contributed by atoms with Crippen LogP contribution in [0.25, 0.3) is 0 Å². The molecule has 1 fully saturated rings. The first-order valence-corrected chi connectivity index (χ1v) is 11.8. The first-order chi connectivity index (χ1) is 15.4. The van der Waals surface area contributed by atoms with Crippen molar-refractivity contribution in [2.75, 3.05) is 13.2 Å². The van der Waals surface area contributed by atoms with Gasteiger partial charge in [-0.1, -0.05) is 55.7 Å². The van der Waals surface area contributed by atoms with E-state index < -0.39 is 6.04 Å². The third-order valence-corrected chi connectivity index (χ3v) is 6.16. The number of carbonyl (C=O) groups is 2. The highest BCUT2D eigenvalue weighted by Gasteiger charge is 2.28. The third kappa shape index (κ3) is 7.11. The Morgan fingerprint density at radius 1 is 1.03 bits per heavy atom. The van der Waals surface area contributed by atoms with Gasteiger partial charge in [0.25, 0.3) is 5.91 Å². The Morgan fingerprint density at radius 3 is 2.34 bits per heavy atom. The van der Waals surface area contributed by atoms with Crippen molar-refractivity contribution in [2.45, 2.75) is 71.4 Å². The summed E-state index contributed by atoms with van der Waals surface area (Å²) in [5, 5.41) is 3.17. The van der Waals surface area contributed by atoms with E-state index in [1.165, 1.54) is 6.42 Å². The fourth-order valence-corrected chi connectivity index (χ4v) is 4.38. The number of carbonyl (C=O) groups excluding carboxylic acids is 2. The van der Waals surface area contributed by atoms with Crippen LogP contribution in [0.5, 0.6) is 5.75 Å². The molecule has 1 atom stereocenters. The summed E-state index contributed by atoms with van der Waals surface area (Å²) in [4.78, 5) is 27.8. The van der Waals surface area contributed by atoms with Crippen LogP contribution in [-0.2, 0) is 16.0 Å². The van der Waals surface area contributed by atoms with E-state index in [1.54, 1.807) is 4.90 Å². The molecule has 5 nitrogen and oxygen atoms in total. The lowest BCUT2D eigenvalue weighted by atomic mass is 9.95. The van der Waals surface area contributed by atoms with Gasteiger partial charge in [-0.3, -0.25) is 9.59 Å². The van der Waals surface area contributed by atoms with Gasteiger partial charge in [0.05, 0.1) is 0 Å². The molecule has 2 amide bonds. The number of hydrogen-bond acceptors (Lipinski definition) is 3. The molecular formula is C27H36N2O3. The van der Waals surface area contributed by atoms with E-state index in [-0.39, 0.29) is 24.5 Å². The summed E-state index contributed by atoms with van der Waals surface area (Å²) < 4.78 is 5.82. The van der Waals surface area contributed by atoms with Crippen LogP contribution in [0.4, 0.5) is 0 Å². The predicted octanol–water partition coefficient (Wildman–Crippen LogP) is 4.59. The quantitative estimate of drug-likeness (QED) is 0.625. The van der Waals surface area contributed by atoms with Crippen molar-refractivity contribution in [3.63, 3.8) is 0 Å². The highest BCUT2D eigenvalue weighted by atomic mass is 16.5. The van der Waals surface area contributed by atoms with Crippen molar-refractivity contribution in [1.29, 1.82) is 0 Å². The average molecular weight is 437 g/mol. The number of benzene rings is 2. The first-order valence-electron chi connectivity index (χ1n) is 11.8. The average Bonchev–Trinajstić information content (AvgIpc) is 2.78. The van der Waals surface area contributed by atoms with Crippen LogP contribution in [0.15, 0.2) is 48.5 Å². The van der Waals surface area contributed by atoms with Crippen LogP contribution in [0.2, 0.25) is 0 Å².